The molecule has 0 aliphatic rings. The van der Waals surface area contributed by atoms with E-state index in [0.717, 1.165) is 0 Å². The van der Waals surface area contributed by atoms with Crippen molar-refractivity contribution in [2.75, 3.05) is 14.2 Å². The molecule has 0 bridgehead atoms. The van der Waals surface area contributed by atoms with Gasteiger partial charge in [0.25, 0.3) is 0 Å². The molecule has 0 amide bonds. The predicted molar refractivity (Wildman–Crippen MR) is 77.1 cm³/mol. The van der Waals surface area contributed by atoms with E-state index in [-0.39, 0.29) is 10.6 Å². The highest BCUT2D eigenvalue weighted by Gasteiger charge is 2.35. The summed E-state index contributed by atoms with van der Waals surface area (Å²) in [5.41, 5.74) is -1.39. The number of benzene rings is 1. The van der Waals surface area contributed by atoms with Crippen molar-refractivity contribution in [3.63, 3.8) is 0 Å². The Bertz CT molecular complexity index is 612. The number of hydrogen-bond donors (Lipinski definition) is 1. The van der Waals surface area contributed by atoms with Crippen LogP contribution in [-0.2, 0) is 19.6 Å². The first-order valence-corrected chi connectivity index (χ1v) is 7.87. The topological polar surface area (TPSA) is 81.7 Å². The zero-order valence-electron chi connectivity index (χ0n) is 11.6. The van der Waals surface area contributed by atoms with E-state index in [2.05, 4.69) is 25.4 Å². The number of nitrogens with one attached hydrogen (secondary N) is 1. The van der Waals surface area contributed by atoms with E-state index < -0.39 is 21.5 Å². The smallest absolute Gasteiger partial charge is 0.326 e. The zero-order chi connectivity index (χ0) is 15.6. The normalized spacial score (nSPS) is 12.1. The summed E-state index contributed by atoms with van der Waals surface area (Å²) in [6.07, 6.45) is 0. The van der Waals surface area contributed by atoms with Gasteiger partial charge in [0.15, 0.2) is 0 Å². The summed E-state index contributed by atoms with van der Waals surface area (Å²) >= 11 is 3.20. The van der Waals surface area contributed by atoms with Gasteiger partial charge in [0.2, 0.25) is 10.0 Å². The third-order valence-electron chi connectivity index (χ3n) is 2.50. The summed E-state index contributed by atoms with van der Waals surface area (Å²) in [7, 11) is -1.38. The van der Waals surface area contributed by atoms with Crippen LogP contribution in [0.1, 0.15) is 13.8 Å². The number of esters is 1. The number of carbonyl (C=O) groups is 1. The van der Waals surface area contributed by atoms with Crippen molar-refractivity contribution in [3.05, 3.63) is 22.7 Å². The molecule has 1 aromatic carbocycles. The van der Waals surface area contributed by atoms with Crippen LogP contribution in [0, 0.1) is 0 Å². The number of sulfonamides is 1. The molecule has 0 unspecified atom stereocenters. The number of rotatable bonds is 5. The first-order chi connectivity index (χ1) is 9.14. The van der Waals surface area contributed by atoms with Gasteiger partial charge in [0.05, 0.1) is 14.2 Å². The van der Waals surface area contributed by atoms with Crippen LogP contribution in [-0.4, -0.2) is 34.1 Å². The molecular formula is C12H16BrNO5S. The minimum absolute atomic E-state index is 0.0636. The summed E-state index contributed by atoms with van der Waals surface area (Å²) in [6.45, 7) is 2.84. The molecular weight excluding hydrogens is 350 g/mol. The van der Waals surface area contributed by atoms with Crippen LogP contribution in [0.5, 0.6) is 5.75 Å². The lowest BCUT2D eigenvalue weighted by Crippen LogP contribution is -2.50. The van der Waals surface area contributed by atoms with E-state index >= 15 is 0 Å². The van der Waals surface area contributed by atoms with Crippen molar-refractivity contribution in [3.8, 4) is 5.75 Å². The third kappa shape index (κ3) is 3.71. The summed E-state index contributed by atoms with van der Waals surface area (Å²) in [5, 5.41) is 0. The van der Waals surface area contributed by atoms with Crippen LogP contribution in [0.2, 0.25) is 0 Å². The van der Waals surface area contributed by atoms with Crippen molar-refractivity contribution in [2.45, 2.75) is 24.3 Å². The number of halogens is 1. The molecule has 0 spiro atoms. The fourth-order valence-corrected chi connectivity index (χ4v) is 3.62. The van der Waals surface area contributed by atoms with Gasteiger partial charge in [0.1, 0.15) is 16.2 Å². The van der Waals surface area contributed by atoms with Crippen LogP contribution in [0.25, 0.3) is 0 Å². The molecule has 0 radical (unpaired) electrons. The first-order valence-electron chi connectivity index (χ1n) is 5.60. The Morgan fingerprint density at radius 3 is 2.40 bits per heavy atom. The second-order valence-electron chi connectivity index (χ2n) is 4.52. The van der Waals surface area contributed by atoms with E-state index in [9.17, 15) is 13.2 Å². The van der Waals surface area contributed by atoms with Gasteiger partial charge in [-0.3, -0.25) is 4.79 Å². The van der Waals surface area contributed by atoms with Crippen LogP contribution >= 0.6 is 15.9 Å². The van der Waals surface area contributed by atoms with Crippen molar-refractivity contribution >= 4 is 31.9 Å². The number of carbonyl (C=O) groups excluding carboxylic acids is 1. The third-order valence-corrected chi connectivity index (χ3v) is 4.67. The van der Waals surface area contributed by atoms with Crippen LogP contribution in [0.15, 0.2) is 27.6 Å². The lowest BCUT2D eigenvalue weighted by atomic mass is 10.1. The molecule has 0 aliphatic heterocycles. The average Bonchev–Trinajstić information content (AvgIpc) is 2.36. The largest absolute Gasteiger partial charge is 0.495 e. The lowest BCUT2D eigenvalue weighted by Gasteiger charge is -2.23. The Morgan fingerprint density at radius 1 is 1.30 bits per heavy atom. The molecule has 0 aromatic heterocycles. The molecule has 1 rings (SSSR count). The van der Waals surface area contributed by atoms with Crippen molar-refractivity contribution < 1.29 is 22.7 Å². The maximum absolute atomic E-state index is 12.4. The second-order valence-corrected chi connectivity index (χ2v) is 7.08. The molecule has 0 fully saturated rings. The van der Waals surface area contributed by atoms with Crippen LogP contribution < -0.4 is 9.46 Å². The van der Waals surface area contributed by atoms with Crippen molar-refractivity contribution in [1.82, 2.24) is 4.72 Å². The minimum Gasteiger partial charge on any atom is -0.495 e. The molecule has 1 aromatic rings. The highest BCUT2D eigenvalue weighted by atomic mass is 79.9. The zero-order valence-corrected chi connectivity index (χ0v) is 14.0. The average molecular weight is 366 g/mol. The predicted octanol–water partition coefficient (Wildman–Crippen LogP) is 1.69. The molecule has 8 heteroatoms. The summed E-state index contributed by atoms with van der Waals surface area (Å²) in [6, 6.07) is 4.57. The van der Waals surface area contributed by atoms with Gasteiger partial charge in [0, 0.05) is 4.47 Å². The first kappa shape index (κ1) is 16.9. The lowest BCUT2D eigenvalue weighted by molar-refractivity contribution is -0.146. The van der Waals surface area contributed by atoms with E-state index in [1.54, 1.807) is 6.07 Å². The minimum atomic E-state index is -3.94. The fraction of sp³-hybridized carbons (Fsp3) is 0.417. The SMILES string of the molecule is COC(=O)C(C)(C)NS(=O)(=O)c1cc(Br)ccc1OC. The molecule has 0 heterocycles. The van der Waals surface area contributed by atoms with Crippen LogP contribution in [0.3, 0.4) is 0 Å². The van der Waals surface area contributed by atoms with Gasteiger partial charge < -0.3 is 9.47 Å². The maximum atomic E-state index is 12.4. The Hall–Kier alpha value is -1.12. The van der Waals surface area contributed by atoms with Gasteiger partial charge in [-0.25, -0.2) is 8.42 Å². The molecule has 6 nitrogen and oxygen atoms in total. The van der Waals surface area contributed by atoms with Crippen molar-refractivity contribution in [1.29, 1.82) is 0 Å². The quantitative estimate of drug-likeness (QED) is 0.802. The van der Waals surface area contributed by atoms with E-state index in [1.807, 2.05) is 0 Å². The van der Waals surface area contributed by atoms with Gasteiger partial charge >= 0.3 is 5.97 Å². The molecule has 0 aliphatic carbocycles. The fourth-order valence-electron chi connectivity index (χ4n) is 1.55. The number of ether oxygens (including phenoxy) is 2. The summed E-state index contributed by atoms with van der Waals surface area (Å²) in [5.74, 6) is -0.503. The van der Waals surface area contributed by atoms with Gasteiger partial charge in [-0.15, -0.1) is 0 Å². The Morgan fingerprint density at radius 2 is 1.90 bits per heavy atom. The summed E-state index contributed by atoms with van der Waals surface area (Å²) < 4.78 is 37.2. The van der Waals surface area contributed by atoms with Crippen molar-refractivity contribution in [2.24, 2.45) is 0 Å². The highest BCUT2D eigenvalue weighted by Crippen LogP contribution is 2.28. The Kier molecular flexibility index (Phi) is 5.17. The van der Waals surface area contributed by atoms with Gasteiger partial charge in [-0.1, -0.05) is 15.9 Å². The molecule has 20 heavy (non-hydrogen) atoms. The van der Waals surface area contributed by atoms with Crippen LogP contribution in [0.4, 0.5) is 0 Å². The number of hydrogen-bond acceptors (Lipinski definition) is 5. The Labute approximate surface area is 126 Å². The van der Waals surface area contributed by atoms with Gasteiger partial charge in [-0.2, -0.15) is 4.72 Å². The number of methoxy groups -OCH3 is 2. The monoisotopic (exact) mass is 365 g/mol. The van der Waals surface area contributed by atoms with E-state index in [0.29, 0.717) is 4.47 Å². The second kappa shape index (κ2) is 6.11. The standard InChI is InChI=1S/C12H16BrNO5S/c1-12(2,11(15)19-4)14-20(16,17)10-7-8(13)5-6-9(10)18-3/h5-7,14H,1-4H3. The maximum Gasteiger partial charge on any atom is 0.326 e. The molecule has 0 atom stereocenters. The van der Waals surface area contributed by atoms with E-state index in [1.165, 1.54) is 40.2 Å². The molecule has 112 valence electrons. The van der Waals surface area contributed by atoms with E-state index in [4.69, 9.17) is 4.74 Å². The summed E-state index contributed by atoms with van der Waals surface area (Å²) in [4.78, 5) is 11.5. The molecule has 0 saturated carbocycles. The molecule has 1 N–H and O–H groups in total. The Balaban J connectivity index is 3.24. The van der Waals surface area contributed by atoms with Gasteiger partial charge in [-0.05, 0) is 32.0 Å². The highest BCUT2D eigenvalue weighted by molar-refractivity contribution is 9.10. The molecule has 0 saturated heterocycles.